The SMILES string of the molecule is C/C=C(/C)C(=C(C)C)[C@H](C1=C(OC)CC(N(C)C)C=C1OC)c1c(OC)cc(N(C)C)cc1OC. The highest BCUT2D eigenvalue weighted by Crippen LogP contribution is 2.51. The molecule has 0 fully saturated rings. The zero-order valence-electron chi connectivity index (χ0n) is 23.7. The molecule has 1 aromatic rings. The lowest BCUT2D eigenvalue weighted by Gasteiger charge is -2.35. The van der Waals surface area contributed by atoms with Crippen LogP contribution in [0.4, 0.5) is 5.69 Å². The van der Waals surface area contributed by atoms with Gasteiger partial charge in [-0.3, -0.25) is 0 Å². The molecular weight excluding hydrogens is 440 g/mol. The molecule has 2 rings (SSSR count). The van der Waals surface area contributed by atoms with Crippen LogP contribution < -0.4 is 14.4 Å². The smallest absolute Gasteiger partial charge is 0.128 e. The van der Waals surface area contributed by atoms with E-state index >= 15 is 0 Å². The molecule has 0 radical (unpaired) electrons. The van der Waals surface area contributed by atoms with Crippen LogP contribution in [0, 0.1) is 0 Å². The average molecular weight is 485 g/mol. The van der Waals surface area contributed by atoms with Crippen molar-refractivity contribution in [3.8, 4) is 11.5 Å². The quantitative estimate of drug-likeness (QED) is 0.384. The number of methoxy groups -OCH3 is 4. The molecule has 0 heterocycles. The molecule has 2 atom stereocenters. The van der Waals surface area contributed by atoms with Gasteiger partial charge < -0.3 is 28.7 Å². The Morgan fingerprint density at radius 1 is 0.914 bits per heavy atom. The lowest BCUT2D eigenvalue weighted by molar-refractivity contribution is 0.211. The molecule has 1 aromatic carbocycles. The number of hydrogen-bond acceptors (Lipinski definition) is 6. The zero-order valence-corrected chi connectivity index (χ0v) is 23.7. The highest BCUT2D eigenvalue weighted by molar-refractivity contribution is 5.67. The number of hydrogen-bond donors (Lipinski definition) is 0. The number of anilines is 1. The summed E-state index contributed by atoms with van der Waals surface area (Å²) < 4.78 is 24.1. The summed E-state index contributed by atoms with van der Waals surface area (Å²) in [4.78, 5) is 4.22. The predicted octanol–water partition coefficient (Wildman–Crippen LogP) is 5.92. The molecule has 6 nitrogen and oxygen atoms in total. The Hall–Kier alpha value is -2.86. The van der Waals surface area contributed by atoms with E-state index < -0.39 is 0 Å². The monoisotopic (exact) mass is 484 g/mol. The van der Waals surface area contributed by atoms with Gasteiger partial charge in [0, 0.05) is 61.4 Å². The normalized spacial score (nSPS) is 17.1. The molecule has 194 valence electrons. The first-order valence-electron chi connectivity index (χ1n) is 12.0. The minimum absolute atomic E-state index is 0.169. The van der Waals surface area contributed by atoms with Crippen LogP contribution in [-0.4, -0.2) is 67.6 Å². The lowest BCUT2D eigenvalue weighted by atomic mass is 9.75. The Morgan fingerprint density at radius 2 is 1.49 bits per heavy atom. The van der Waals surface area contributed by atoms with E-state index in [1.807, 2.05) is 19.0 Å². The summed E-state index contributed by atoms with van der Waals surface area (Å²) in [7, 11) is 15.0. The van der Waals surface area contributed by atoms with Gasteiger partial charge in [-0.1, -0.05) is 17.2 Å². The van der Waals surface area contributed by atoms with Crippen molar-refractivity contribution in [2.45, 2.75) is 46.1 Å². The van der Waals surface area contributed by atoms with Crippen LogP contribution in [0.3, 0.4) is 0 Å². The largest absolute Gasteiger partial charge is 0.501 e. The van der Waals surface area contributed by atoms with Crippen molar-refractivity contribution in [3.05, 3.63) is 63.7 Å². The summed E-state index contributed by atoms with van der Waals surface area (Å²) in [5.74, 6) is 3.00. The molecule has 0 saturated carbocycles. The van der Waals surface area contributed by atoms with Crippen molar-refractivity contribution >= 4 is 5.69 Å². The van der Waals surface area contributed by atoms with Crippen molar-refractivity contribution in [1.82, 2.24) is 4.90 Å². The van der Waals surface area contributed by atoms with Crippen LogP contribution in [0.5, 0.6) is 11.5 Å². The van der Waals surface area contributed by atoms with Gasteiger partial charge in [-0.25, -0.2) is 0 Å². The number of nitrogens with zero attached hydrogens (tertiary/aromatic N) is 2. The van der Waals surface area contributed by atoms with Gasteiger partial charge in [-0.15, -0.1) is 0 Å². The van der Waals surface area contributed by atoms with Gasteiger partial charge >= 0.3 is 0 Å². The van der Waals surface area contributed by atoms with Crippen molar-refractivity contribution in [2.75, 3.05) is 61.5 Å². The third-order valence-corrected chi connectivity index (χ3v) is 6.74. The predicted molar refractivity (Wildman–Crippen MR) is 146 cm³/mol. The van der Waals surface area contributed by atoms with Crippen LogP contribution >= 0.6 is 0 Å². The van der Waals surface area contributed by atoms with E-state index in [2.05, 4.69) is 71.0 Å². The standard InChI is InChI=1S/C29H44N2O4/c1-13-19(4)26(18(2)3)29(27-22(32-9)14-20(30(5)6)15-23(27)33-10)28-24(34-11)16-21(31(7)8)17-25(28)35-12/h13-16,21,29H,17H2,1-12H3/b19-13-/t21?,29-/m0/s1. The molecule has 0 N–H and O–H groups in total. The van der Waals surface area contributed by atoms with Crippen LogP contribution in [-0.2, 0) is 9.47 Å². The van der Waals surface area contributed by atoms with E-state index in [-0.39, 0.29) is 12.0 Å². The lowest BCUT2D eigenvalue weighted by Crippen LogP contribution is -2.31. The van der Waals surface area contributed by atoms with Crippen LogP contribution in [0.15, 0.2) is 58.1 Å². The fraction of sp³-hybridized carbons (Fsp3) is 0.517. The van der Waals surface area contributed by atoms with Gasteiger partial charge in [0.2, 0.25) is 0 Å². The first kappa shape index (κ1) is 28.4. The number of ether oxygens (including phenoxy) is 4. The highest BCUT2D eigenvalue weighted by atomic mass is 16.5. The number of allylic oxidation sites excluding steroid dienone is 5. The Morgan fingerprint density at radius 3 is 1.86 bits per heavy atom. The summed E-state index contributed by atoms with van der Waals surface area (Å²) in [5.41, 5.74) is 6.54. The Labute approximate surface area is 212 Å². The highest BCUT2D eigenvalue weighted by Gasteiger charge is 2.37. The first-order valence-corrected chi connectivity index (χ1v) is 12.0. The van der Waals surface area contributed by atoms with Crippen LogP contribution in [0.1, 0.15) is 45.6 Å². The topological polar surface area (TPSA) is 43.4 Å². The maximum atomic E-state index is 6.07. The van der Waals surface area contributed by atoms with Gasteiger partial charge in [0.05, 0.1) is 28.4 Å². The molecule has 0 aliphatic heterocycles. The minimum atomic E-state index is -0.221. The van der Waals surface area contributed by atoms with E-state index in [4.69, 9.17) is 18.9 Å². The van der Waals surface area contributed by atoms with Crippen molar-refractivity contribution < 1.29 is 18.9 Å². The molecular formula is C29H44N2O4. The zero-order chi connectivity index (χ0) is 26.4. The molecule has 35 heavy (non-hydrogen) atoms. The molecule has 0 aromatic heterocycles. The Balaban J connectivity index is 3.06. The first-order chi connectivity index (χ1) is 16.6. The summed E-state index contributed by atoms with van der Waals surface area (Å²) >= 11 is 0. The van der Waals surface area contributed by atoms with Gasteiger partial charge in [0.25, 0.3) is 0 Å². The van der Waals surface area contributed by atoms with E-state index in [9.17, 15) is 0 Å². The molecule has 0 spiro atoms. The van der Waals surface area contributed by atoms with Gasteiger partial charge in [0.15, 0.2) is 0 Å². The second kappa shape index (κ2) is 12.2. The molecule has 1 aliphatic rings. The summed E-state index contributed by atoms with van der Waals surface area (Å²) in [6, 6.07) is 4.29. The van der Waals surface area contributed by atoms with Crippen molar-refractivity contribution in [1.29, 1.82) is 0 Å². The molecule has 0 bridgehead atoms. The molecule has 1 aliphatic carbocycles. The fourth-order valence-electron chi connectivity index (χ4n) is 4.73. The molecule has 0 saturated heterocycles. The second-order valence-corrected chi connectivity index (χ2v) is 9.49. The fourth-order valence-corrected chi connectivity index (χ4v) is 4.73. The number of likely N-dealkylation sites (N-methyl/N-ethyl adjacent to an activating group) is 1. The summed E-state index contributed by atoms with van der Waals surface area (Å²) in [5, 5.41) is 0. The maximum Gasteiger partial charge on any atom is 0.128 e. The molecule has 0 amide bonds. The Kier molecular flexibility index (Phi) is 9.90. The third kappa shape index (κ3) is 5.87. The molecule has 1 unspecified atom stereocenters. The van der Waals surface area contributed by atoms with Gasteiger partial charge in [-0.05, 0) is 53.4 Å². The molecule has 6 heteroatoms. The average Bonchev–Trinajstić information content (AvgIpc) is 2.84. The number of benzene rings is 1. The Bertz CT molecular complexity index is 1000. The van der Waals surface area contributed by atoms with Crippen LogP contribution in [0.2, 0.25) is 0 Å². The number of rotatable bonds is 10. The van der Waals surface area contributed by atoms with Crippen LogP contribution in [0.25, 0.3) is 0 Å². The summed E-state index contributed by atoms with van der Waals surface area (Å²) in [6.07, 6.45) is 5.08. The van der Waals surface area contributed by atoms with Gasteiger partial charge in [0.1, 0.15) is 23.0 Å². The van der Waals surface area contributed by atoms with E-state index in [1.54, 1.807) is 28.4 Å². The summed E-state index contributed by atoms with van der Waals surface area (Å²) in [6.45, 7) is 8.52. The van der Waals surface area contributed by atoms with Crippen molar-refractivity contribution in [3.63, 3.8) is 0 Å². The van der Waals surface area contributed by atoms with E-state index in [0.29, 0.717) is 0 Å². The van der Waals surface area contributed by atoms with Gasteiger partial charge in [-0.2, -0.15) is 0 Å². The maximum absolute atomic E-state index is 6.07. The minimum Gasteiger partial charge on any atom is -0.501 e. The second-order valence-electron chi connectivity index (χ2n) is 9.49. The van der Waals surface area contributed by atoms with Crippen molar-refractivity contribution in [2.24, 2.45) is 0 Å². The van der Waals surface area contributed by atoms with E-state index in [1.165, 1.54) is 16.7 Å². The van der Waals surface area contributed by atoms with E-state index in [0.717, 1.165) is 46.3 Å². The third-order valence-electron chi connectivity index (χ3n) is 6.74.